The van der Waals surface area contributed by atoms with Crippen LogP contribution in [-0.2, 0) is 4.57 Å². The van der Waals surface area contributed by atoms with Crippen LogP contribution in [0.25, 0.3) is 10.8 Å². The number of hydrogen-bond acceptors (Lipinski definition) is 7. The van der Waals surface area contributed by atoms with E-state index >= 15 is 0 Å². The molecule has 0 aliphatic heterocycles. The highest BCUT2D eigenvalue weighted by Crippen LogP contribution is 2.42. The van der Waals surface area contributed by atoms with Gasteiger partial charge < -0.3 is 26.2 Å². The van der Waals surface area contributed by atoms with Gasteiger partial charge in [0.2, 0.25) is 5.95 Å². The van der Waals surface area contributed by atoms with Crippen molar-refractivity contribution in [1.82, 2.24) is 9.97 Å². The maximum Gasteiger partial charge on any atom is 0.229 e. The van der Waals surface area contributed by atoms with Crippen molar-refractivity contribution < 1.29 is 4.57 Å². The predicted molar refractivity (Wildman–Crippen MR) is 151 cm³/mol. The molecule has 4 rings (SSSR count). The minimum absolute atomic E-state index is 0.353. The number of halogens is 1. The molecular formula is C26H30ClN6OP. The summed E-state index contributed by atoms with van der Waals surface area (Å²) >= 11 is 6.43. The molecule has 0 aliphatic rings. The number of rotatable bonds is 9. The number of benzene rings is 3. The largest absolute Gasteiger partial charge is 0.397 e. The molecule has 0 spiro atoms. The van der Waals surface area contributed by atoms with E-state index in [0.717, 1.165) is 46.8 Å². The molecule has 0 fully saturated rings. The summed E-state index contributed by atoms with van der Waals surface area (Å²) in [4.78, 5) is 8.87. The lowest BCUT2D eigenvalue weighted by atomic mass is 10.1. The van der Waals surface area contributed by atoms with Gasteiger partial charge in [0.1, 0.15) is 12.2 Å². The maximum atomic E-state index is 13.2. The monoisotopic (exact) mass is 508 g/mol. The number of anilines is 6. The third kappa shape index (κ3) is 5.87. The average Bonchev–Trinajstić information content (AvgIpc) is 2.82. The molecule has 0 bridgehead atoms. The Labute approximate surface area is 210 Å². The van der Waals surface area contributed by atoms with Crippen molar-refractivity contribution >= 4 is 69.3 Å². The van der Waals surface area contributed by atoms with Crippen molar-refractivity contribution in [3.05, 3.63) is 65.8 Å². The van der Waals surface area contributed by atoms with E-state index in [-0.39, 0.29) is 0 Å². The lowest BCUT2D eigenvalue weighted by Crippen LogP contribution is -2.12. The zero-order valence-electron chi connectivity index (χ0n) is 20.1. The molecule has 3 aromatic carbocycles. The van der Waals surface area contributed by atoms with E-state index in [9.17, 15) is 4.57 Å². The Morgan fingerprint density at radius 2 is 1.80 bits per heavy atom. The topological polar surface area (TPSA) is 105 Å². The van der Waals surface area contributed by atoms with Crippen LogP contribution < -0.4 is 27.0 Å². The number of nitrogens with zero attached hydrogens (tertiary/aromatic N) is 2. The van der Waals surface area contributed by atoms with Gasteiger partial charge in [-0.15, -0.1) is 0 Å². The van der Waals surface area contributed by atoms with E-state index in [0.29, 0.717) is 28.2 Å². The minimum Gasteiger partial charge on any atom is -0.397 e. The Kier molecular flexibility index (Phi) is 7.48. The average molecular weight is 509 g/mol. The van der Waals surface area contributed by atoms with Crippen LogP contribution in [0.1, 0.15) is 19.8 Å². The Hall–Kier alpha value is -3.28. The fraction of sp³-hybridized carbons (Fsp3) is 0.231. The molecular weight excluding hydrogens is 479 g/mol. The van der Waals surface area contributed by atoms with Gasteiger partial charge in [-0.1, -0.05) is 55.3 Å². The molecule has 0 radical (unpaired) electrons. The summed E-state index contributed by atoms with van der Waals surface area (Å²) in [7, 11) is -2.63. The second-order valence-electron chi connectivity index (χ2n) is 8.76. The minimum atomic E-state index is -2.63. The third-order valence-electron chi connectivity index (χ3n) is 5.59. The van der Waals surface area contributed by atoms with Crippen molar-refractivity contribution in [2.75, 3.05) is 41.6 Å². The van der Waals surface area contributed by atoms with Crippen LogP contribution in [0.4, 0.5) is 34.5 Å². The Morgan fingerprint density at radius 3 is 2.54 bits per heavy atom. The summed E-state index contributed by atoms with van der Waals surface area (Å²) in [6.07, 6.45) is 3.73. The highest BCUT2D eigenvalue weighted by Gasteiger charge is 2.21. The highest BCUT2D eigenvalue weighted by atomic mass is 35.5. The molecule has 1 heterocycles. The lowest BCUT2D eigenvalue weighted by Gasteiger charge is -2.18. The van der Waals surface area contributed by atoms with Crippen molar-refractivity contribution in [2.45, 2.75) is 19.8 Å². The first kappa shape index (κ1) is 24.8. The number of nitrogens with two attached hydrogens (primary N) is 1. The van der Waals surface area contributed by atoms with Crippen LogP contribution in [0.5, 0.6) is 0 Å². The van der Waals surface area contributed by atoms with Crippen LogP contribution in [0, 0.1) is 0 Å². The van der Waals surface area contributed by atoms with Gasteiger partial charge in [0, 0.05) is 17.5 Å². The summed E-state index contributed by atoms with van der Waals surface area (Å²) in [6, 6.07) is 17.5. The fourth-order valence-electron chi connectivity index (χ4n) is 3.91. The highest BCUT2D eigenvalue weighted by molar-refractivity contribution is 7.71. The number of nitrogens with one attached hydrogen (secondary N) is 3. The summed E-state index contributed by atoms with van der Waals surface area (Å²) in [5, 5.41) is 12.9. The van der Waals surface area contributed by atoms with Crippen LogP contribution in [0.15, 0.2) is 60.8 Å². The molecule has 0 amide bonds. The molecule has 0 aliphatic carbocycles. The number of fused-ring (bicyclic) bond motifs is 1. The molecule has 0 atom stereocenters. The summed E-state index contributed by atoms with van der Waals surface area (Å²) in [5.41, 5.74) is 9.21. The number of nitrogen functional groups attached to an aromatic ring is 1. The van der Waals surface area contributed by atoms with Gasteiger partial charge >= 0.3 is 0 Å². The zero-order valence-corrected chi connectivity index (χ0v) is 21.8. The second kappa shape index (κ2) is 10.5. The quantitative estimate of drug-likeness (QED) is 0.112. The molecule has 35 heavy (non-hydrogen) atoms. The molecule has 0 saturated carbocycles. The van der Waals surface area contributed by atoms with E-state index < -0.39 is 7.14 Å². The third-order valence-corrected chi connectivity index (χ3v) is 7.43. The first-order chi connectivity index (χ1) is 16.8. The van der Waals surface area contributed by atoms with Gasteiger partial charge in [0.15, 0.2) is 5.82 Å². The molecule has 1 aromatic heterocycles. The van der Waals surface area contributed by atoms with E-state index in [1.165, 1.54) is 6.20 Å². The van der Waals surface area contributed by atoms with Crippen molar-refractivity contribution in [3.63, 3.8) is 0 Å². The summed E-state index contributed by atoms with van der Waals surface area (Å²) < 4.78 is 13.2. The molecule has 4 aromatic rings. The van der Waals surface area contributed by atoms with Gasteiger partial charge in [-0.2, -0.15) is 4.98 Å². The SMILES string of the molecule is CCCCNc1ccc(Nc2ncc(Cl)c(Nc3ccc4ccccc4c3P(C)(C)=O)n2)cc1N. The Bertz CT molecular complexity index is 1400. The summed E-state index contributed by atoms with van der Waals surface area (Å²) in [6.45, 7) is 6.55. The smallest absolute Gasteiger partial charge is 0.229 e. The first-order valence-corrected chi connectivity index (χ1v) is 14.5. The molecule has 182 valence electrons. The number of aromatic nitrogens is 2. The standard InChI is InChI=1S/C26H30ClN6OP/c1-4-5-14-29-22-13-11-18(15-21(22)28)31-26-30-16-20(27)25(33-26)32-23-12-10-17-8-6-7-9-19(17)24(23)35(2,3)34/h6-13,15-16,29H,4-5,14,28H2,1-3H3,(H2,30,31,32,33). The van der Waals surface area contributed by atoms with Gasteiger partial charge in [-0.05, 0) is 54.8 Å². The van der Waals surface area contributed by atoms with E-state index in [1.807, 2.05) is 54.6 Å². The van der Waals surface area contributed by atoms with Crippen molar-refractivity contribution in [1.29, 1.82) is 0 Å². The predicted octanol–water partition coefficient (Wildman–Crippen LogP) is 6.81. The Balaban J connectivity index is 1.61. The molecule has 9 heteroatoms. The molecule has 0 saturated heterocycles. The van der Waals surface area contributed by atoms with Crippen LogP contribution in [0.2, 0.25) is 5.02 Å². The zero-order chi connectivity index (χ0) is 25.0. The Morgan fingerprint density at radius 1 is 1.03 bits per heavy atom. The van der Waals surface area contributed by atoms with E-state index in [2.05, 4.69) is 32.8 Å². The second-order valence-corrected chi connectivity index (χ2v) is 12.3. The van der Waals surface area contributed by atoms with Gasteiger partial charge in [-0.3, -0.25) is 0 Å². The fourth-order valence-corrected chi connectivity index (χ4v) is 5.54. The van der Waals surface area contributed by atoms with E-state index in [1.54, 1.807) is 13.3 Å². The van der Waals surface area contributed by atoms with Gasteiger partial charge in [0.25, 0.3) is 0 Å². The van der Waals surface area contributed by atoms with Crippen LogP contribution in [-0.4, -0.2) is 29.8 Å². The van der Waals surface area contributed by atoms with Gasteiger partial charge in [0.05, 0.1) is 23.3 Å². The molecule has 5 N–H and O–H groups in total. The van der Waals surface area contributed by atoms with Crippen LogP contribution >= 0.6 is 18.7 Å². The van der Waals surface area contributed by atoms with Gasteiger partial charge in [-0.25, -0.2) is 4.98 Å². The van der Waals surface area contributed by atoms with Crippen molar-refractivity contribution in [3.8, 4) is 0 Å². The maximum absolute atomic E-state index is 13.2. The molecule has 0 unspecified atom stereocenters. The lowest BCUT2D eigenvalue weighted by molar-refractivity contribution is 0.588. The normalized spacial score (nSPS) is 11.4. The van der Waals surface area contributed by atoms with Crippen molar-refractivity contribution in [2.24, 2.45) is 0 Å². The first-order valence-electron chi connectivity index (χ1n) is 11.5. The van der Waals surface area contributed by atoms with E-state index in [4.69, 9.17) is 17.3 Å². The molecule has 7 nitrogen and oxygen atoms in total. The number of unbranched alkanes of at least 4 members (excludes halogenated alkanes) is 1. The summed E-state index contributed by atoms with van der Waals surface area (Å²) in [5.74, 6) is 0.779. The number of hydrogen-bond donors (Lipinski definition) is 4. The van der Waals surface area contributed by atoms with Crippen LogP contribution in [0.3, 0.4) is 0 Å².